The first-order valence-corrected chi connectivity index (χ1v) is 8.16. The summed E-state index contributed by atoms with van der Waals surface area (Å²) in [6, 6.07) is 11.5. The summed E-state index contributed by atoms with van der Waals surface area (Å²) in [5.41, 5.74) is 0.425. The van der Waals surface area contributed by atoms with Crippen LogP contribution in [-0.2, 0) is 0 Å². The molecule has 3 rings (SSSR count). The lowest BCUT2D eigenvalue weighted by molar-refractivity contribution is -0.385. The van der Waals surface area contributed by atoms with E-state index in [0.29, 0.717) is 5.49 Å². The molecule has 0 bridgehead atoms. The van der Waals surface area contributed by atoms with Crippen molar-refractivity contribution in [3.63, 3.8) is 0 Å². The van der Waals surface area contributed by atoms with Gasteiger partial charge in [0, 0.05) is 12.3 Å². The monoisotopic (exact) mass is 325 g/mol. The Labute approximate surface area is 139 Å². The summed E-state index contributed by atoms with van der Waals surface area (Å²) < 4.78 is 1.40. The van der Waals surface area contributed by atoms with Crippen molar-refractivity contribution < 1.29 is 9.72 Å². The maximum atomic E-state index is 12.8. The van der Waals surface area contributed by atoms with Crippen molar-refractivity contribution in [2.75, 3.05) is 0 Å². The van der Waals surface area contributed by atoms with Crippen LogP contribution in [-0.4, -0.2) is 21.4 Å². The van der Waals surface area contributed by atoms with E-state index in [9.17, 15) is 14.9 Å². The van der Waals surface area contributed by atoms with E-state index in [4.69, 9.17) is 4.99 Å². The molecule has 0 amide bonds. The molecule has 0 spiro atoms. The first kappa shape index (κ1) is 16.1. The molecule has 24 heavy (non-hydrogen) atoms. The Bertz CT molecular complexity index is 820. The summed E-state index contributed by atoms with van der Waals surface area (Å²) in [7, 11) is 0. The second-order valence-corrected chi connectivity index (χ2v) is 5.93. The number of pyridine rings is 1. The van der Waals surface area contributed by atoms with Crippen LogP contribution < -0.4 is 5.49 Å². The number of carbonyl (C=O) groups excluding carboxylic acids is 1. The number of benzene rings is 1. The molecule has 1 saturated carbocycles. The van der Waals surface area contributed by atoms with Crippen LogP contribution in [0.15, 0.2) is 53.7 Å². The number of carbonyl (C=O) groups is 1. The minimum absolute atomic E-state index is 0.0683. The lowest BCUT2D eigenvalue weighted by Crippen LogP contribution is -2.29. The van der Waals surface area contributed by atoms with E-state index in [1.54, 1.807) is 30.5 Å². The van der Waals surface area contributed by atoms with Gasteiger partial charge in [-0.25, -0.2) is 0 Å². The highest BCUT2D eigenvalue weighted by Crippen LogP contribution is 2.20. The third-order valence-corrected chi connectivity index (χ3v) is 4.28. The zero-order valence-corrected chi connectivity index (χ0v) is 13.3. The van der Waals surface area contributed by atoms with Gasteiger partial charge in [0.25, 0.3) is 11.6 Å². The van der Waals surface area contributed by atoms with Gasteiger partial charge in [0.2, 0.25) is 0 Å². The van der Waals surface area contributed by atoms with Gasteiger partial charge in [-0.15, -0.1) is 0 Å². The topological polar surface area (TPSA) is 77.5 Å². The third-order valence-electron chi connectivity index (χ3n) is 4.28. The quantitative estimate of drug-likeness (QED) is 0.641. The van der Waals surface area contributed by atoms with Crippen molar-refractivity contribution in [2.24, 2.45) is 4.99 Å². The normalized spacial score (nSPS) is 16.1. The molecule has 2 aromatic rings. The molecule has 0 unspecified atom stereocenters. The molecule has 1 aliphatic rings. The second kappa shape index (κ2) is 7.21. The standard InChI is InChI=1S/C18H19N3O3/c22-18(15-10-4-5-11-16(15)21(23)24)20-13-7-6-12-17(20)19-14-8-2-1-3-9-14/h4-7,10-14H,1-3,8-9H2. The van der Waals surface area contributed by atoms with Gasteiger partial charge in [0.15, 0.2) is 0 Å². The van der Waals surface area contributed by atoms with Gasteiger partial charge in [0.1, 0.15) is 11.1 Å². The van der Waals surface area contributed by atoms with Crippen molar-refractivity contribution >= 4 is 11.6 Å². The molecule has 1 aromatic carbocycles. The zero-order valence-electron chi connectivity index (χ0n) is 13.3. The van der Waals surface area contributed by atoms with Crippen molar-refractivity contribution in [3.8, 4) is 0 Å². The average Bonchev–Trinajstić information content (AvgIpc) is 2.62. The lowest BCUT2D eigenvalue weighted by Gasteiger charge is -2.17. The van der Waals surface area contributed by atoms with E-state index in [1.165, 1.54) is 23.1 Å². The fraction of sp³-hybridized carbons (Fsp3) is 0.333. The maximum Gasteiger partial charge on any atom is 0.282 e. The van der Waals surface area contributed by atoms with Crippen molar-refractivity contribution in [1.29, 1.82) is 0 Å². The Balaban J connectivity index is 2.03. The molecule has 124 valence electrons. The molecule has 6 nitrogen and oxygen atoms in total. The van der Waals surface area contributed by atoms with E-state index in [1.807, 2.05) is 6.07 Å². The molecule has 0 atom stereocenters. The Kier molecular flexibility index (Phi) is 4.84. The second-order valence-electron chi connectivity index (χ2n) is 5.93. The molecule has 0 aliphatic heterocycles. The molecule has 1 aromatic heterocycles. The molecule has 0 saturated heterocycles. The van der Waals surface area contributed by atoms with Crippen LogP contribution in [0, 0.1) is 10.1 Å². The van der Waals surface area contributed by atoms with Gasteiger partial charge in [0.05, 0.1) is 11.0 Å². The number of hydrogen-bond donors (Lipinski definition) is 0. The predicted molar refractivity (Wildman–Crippen MR) is 89.7 cm³/mol. The molecular formula is C18H19N3O3. The fourth-order valence-electron chi connectivity index (χ4n) is 3.05. The van der Waals surface area contributed by atoms with E-state index in [2.05, 4.69) is 0 Å². The molecule has 0 N–H and O–H groups in total. The number of nitrogens with zero attached hydrogens (tertiary/aromatic N) is 3. The van der Waals surface area contributed by atoms with Crippen LogP contribution in [0.1, 0.15) is 42.5 Å². The first-order valence-electron chi connectivity index (χ1n) is 8.16. The molecule has 1 fully saturated rings. The van der Waals surface area contributed by atoms with E-state index in [-0.39, 0.29) is 17.3 Å². The summed E-state index contributed by atoms with van der Waals surface area (Å²) in [5.74, 6) is -0.433. The number of hydrogen-bond acceptors (Lipinski definition) is 4. The summed E-state index contributed by atoms with van der Waals surface area (Å²) >= 11 is 0. The largest absolute Gasteiger partial charge is 0.282 e. The highest BCUT2D eigenvalue weighted by molar-refractivity contribution is 5.99. The van der Waals surface area contributed by atoms with Crippen LogP contribution in [0.25, 0.3) is 0 Å². The smallest absolute Gasteiger partial charge is 0.268 e. The molecule has 0 radical (unpaired) electrons. The SMILES string of the molecule is O=C(c1ccccc1[N+](=O)[O-])n1ccccc1=NC1CCCCC1. The van der Waals surface area contributed by atoms with Gasteiger partial charge in [-0.1, -0.05) is 37.5 Å². The van der Waals surface area contributed by atoms with Crippen LogP contribution >= 0.6 is 0 Å². The van der Waals surface area contributed by atoms with Crippen LogP contribution in [0.3, 0.4) is 0 Å². The van der Waals surface area contributed by atoms with Gasteiger partial charge in [-0.2, -0.15) is 0 Å². The van der Waals surface area contributed by atoms with Crippen molar-refractivity contribution in [3.05, 3.63) is 69.8 Å². The van der Waals surface area contributed by atoms with E-state index < -0.39 is 10.8 Å². The summed E-state index contributed by atoms with van der Waals surface area (Å²) in [6.07, 6.45) is 7.19. The first-order chi connectivity index (χ1) is 11.7. The van der Waals surface area contributed by atoms with Gasteiger partial charge < -0.3 is 0 Å². The molecule has 6 heteroatoms. The van der Waals surface area contributed by atoms with E-state index in [0.717, 1.165) is 25.7 Å². The fourth-order valence-corrected chi connectivity index (χ4v) is 3.05. The number of para-hydroxylation sites is 1. The Morgan fingerprint density at radius 1 is 1.08 bits per heavy atom. The van der Waals surface area contributed by atoms with Crippen LogP contribution in [0.4, 0.5) is 5.69 Å². The van der Waals surface area contributed by atoms with Gasteiger partial charge >= 0.3 is 0 Å². The third kappa shape index (κ3) is 3.42. The Morgan fingerprint density at radius 3 is 2.54 bits per heavy atom. The molecular weight excluding hydrogens is 306 g/mol. The Morgan fingerprint density at radius 2 is 1.79 bits per heavy atom. The number of rotatable bonds is 3. The predicted octanol–water partition coefficient (Wildman–Crippen LogP) is 3.32. The van der Waals surface area contributed by atoms with Gasteiger partial charge in [-0.3, -0.25) is 24.5 Å². The van der Waals surface area contributed by atoms with Crippen molar-refractivity contribution in [2.45, 2.75) is 38.1 Å². The minimum Gasteiger partial charge on any atom is -0.268 e. The number of aromatic nitrogens is 1. The van der Waals surface area contributed by atoms with Crippen LogP contribution in [0.5, 0.6) is 0 Å². The number of nitro groups is 1. The highest BCUT2D eigenvalue weighted by Gasteiger charge is 2.21. The van der Waals surface area contributed by atoms with E-state index >= 15 is 0 Å². The Hall–Kier alpha value is -2.76. The summed E-state index contributed by atoms with van der Waals surface area (Å²) in [5, 5.41) is 11.2. The zero-order chi connectivity index (χ0) is 16.9. The van der Waals surface area contributed by atoms with Crippen LogP contribution in [0.2, 0.25) is 0 Å². The highest BCUT2D eigenvalue weighted by atomic mass is 16.6. The summed E-state index contributed by atoms with van der Waals surface area (Å²) in [6.45, 7) is 0. The molecule has 1 aliphatic carbocycles. The summed E-state index contributed by atoms with van der Waals surface area (Å²) in [4.78, 5) is 28.2. The minimum atomic E-state index is -0.533. The molecule has 1 heterocycles. The number of nitro benzene ring substituents is 1. The average molecular weight is 325 g/mol. The lowest BCUT2D eigenvalue weighted by atomic mass is 9.96. The van der Waals surface area contributed by atoms with Crippen molar-refractivity contribution in [1.82, 2.24) is 4.57 Å². The maximum absolute atomic E-state index is 12.8. The van der Waals surface area contributed by atoms with Gasteiger partial charge in [-0.05, 0) is 31.0 Å².